The van der Waals surface area contributed by atoms with Gasteiger partial charge >= 0.3 is 0 Å². The second kappa shape index (κ2) is 13.0. The second-order valence-electron chi connectivity index (χ2n) is 8.36. The van der Waals surface area contributed by atoms with E-state index in [1.165, 1.54) is 0 Å². The number of nitrogens with one attached hydrogen (secondary N) is 2. The van der Waals surface area contributed by atoms with E-state index in [0.717, 1.165) is 16.3 Å². The van der Waals surface area contributed by atoms with Crippen LogP contribution in [0.25, 0.3) is 10.8 Å². The molecule has 196 valence electrons. The molecule has 0 bridgehead atoms. The molecular formula is C30H26ClN5O3. The number of aromatic nitrogens is 2. The molecule has 0 radical (unpaired) electrons. The number of ether oxygens (including phenoxy) is 1. The molecule has 0 aliphatic carbocycles. The van der Waals surface area contributed by atoms with Crippen LogP contribution in [0.1, 0.15) is 26.3 Å². The Morgan fingerprint density at radius 3 is 2.21 bits per heavy atom. The third-order valence-corrected chi connectivity index (χ3v) is 5.96. The van der Waals surface area contributed by atoms with Crippen molar-refractivity contribution < 1.29 is 14.3 Å². The van der Waals surface area contributed by atoms with Gasteiger partial charge in [-0.3, -0.25) is 9.59 Å². The first kappa shape index (κ1) is 27.1. The Bertz CT molecular complexity index is 1580. The zero-order chi connectivity index (χ0) is 27.6. The molecule has 0 saturated carbocycles. The van der Waals surface area contributed by atoms with Gasteiger partial charge in [0.1, 0.15) is 5.75 Å². The fourth-order valence-electron chi connectivity index (χ4n) is 3.68. The maximum absolute atomic E-state index is 12.8. The highest BCUT2D eigenvalue weighted by Gasteiger charge is 2.13. The second-order valence-corrected chi connectivity index (χ2v) is 8.71. The van der Waals surface area contributed by atoms with Crippen LogP contribution in [-0.2, 0) is 6.54 Å². The highest BCUT2D eigenvalue weighted by molar-refractivity contribution is 6.34. The van der Waals surface area contributed by atoms with Gasteiger partial charge in [-0.15, -0.1) is 10.2 Å². The first-order valence-electron chi connectivity index (χ1n) is 12.0. The van der Waals surface area contributed by atoms with E-state index in [0.29, 0.717) is 34.9 Å². The monoisotopic (exact) mass is 539 g/mol. The Balaban J connectivity index is 0.000000333. The van der Waals surface area contributed by atoms with Crippen LogP contribution in [0.4, 0.5) is 11.5 Å². The topological polar surface area (TPSA) is 119 Å². The van der Waals surface area contributed by atoms with Crippen molar-refractivity contribution in [1.82, 2.24) is 10.2 Å². The van der Waals surface area contributed by atoms with E-state index in [2.05, 4.69) is 20.8 Å². The van der Waals surface area contributed by atoms with Crippen LogP contribution >= 0.6 is 11.6 Å². The minimum absolute atomic E-state index is 0.243. The summed E-state index contributed by atoms with van der Waals surface area (Å²) in [6, 6.07) is 31.2. The van der Waals surface area contributed by atoms with Crippen molar-refractivity contribution in [3.63, 3.8) is 0 Å². The number of methoxy groups -OCH3 is 1. The maximum atomic E-state index is 12.8. The molecule has 8 nitrogen and oxygen atoms in total. The molecule has 9 heteroatoms. The first-order chi connectivity index (χ1) is 18.9. The molecule has 0 aliphatic heterocycles. The standard InChI is InChI=1S/C23H19ClN4O2.C7H7NO/c1-30-18-9-5-8-17(13-18)26-23(29)16-10-11-19-20(12-16)22(28-27-21(19)24)25-14-15-6-3-2-4-7-15;8-7(9)6-4-2-1-3-5-6/h2-13H,14H2,1H3,(H,25,28)(H,26,29);1-5H,(H2,8,9). The number of rotatable bonds is 7. The lowest BCUT2D eigenvalue weighted by atomic mass is 10.1. The molecule has 5 aromatic rings. The molecule has 4 N–H and O–H groups in total. The average Bonchev–Trinajstić information content (AvgIpc) is 2.98. The lowest BCUT2D eigenvalue weighted by molar-refractivity contribution is 0.0997. The van der Waals surface area contributed by atoms with E-state index in [9.17, 15) is 9.59 Å². The number of benzene rings is 4. The van der Waals surface area contributed by atoms with Crippen LogP contribution in [0.5, 0.6) is 5.75 Å². The molecule has 1 aromatic heterocycles. The number of halogens is 1. The van der Waals surface area contributed by atoms with Crippen molar-refractivity contribution in [3.8, 4) is 5.75 Å². The van der Waals surface area contributed by atoms with Gasteiger partial charge in [0.25, 0.3) is 5.91 Å². The Labute approximate surface area is 230 Å². The SMILES string of the molecule is COc1cccc(NC(=O)c2ccc3c(Cl)nnc(NCc4ccccc4)c3c2)c1.NC(=O)c1ccccc1. The quantitative estimate of drug-likeness (QED) is 0.235. The van der Waals surface area contributed by atoms with Crippen LogP contribution in [-0.4, -0.2) is 29.1 Å². The number of anilines is 2. The van der Waals surface area contributed by atoms with Crippen LogP contribution in [0.3, 0.4) is 0 Å². The van der Waals surface area contributed by atoms with Crippen LogP contribution in [0.15, 0.2) is 103 Å². The Morgan fingerprint density at radius 1 is 0.821 bits per heavy atom. The van der Waals surface area contributed by atoms with Crippen molar-refractivity contribution >= 4 is 45.7 Å². The predicted octanol–water partition coefficient (Wildman–Crippen LogP) is 5.94. The highest BCUT2D eigenvalue weighted by Crippen LogP contribution is 2.28. The van der Waals surface area contributed by atoms with E-state index in [1.807, 2.05) is 48.5 Å². The van der Waals surface area contributed by atoms with E-state index in [4.69, 9.17) is 22.1 Å². The van der Waals surface area contributed by atoms with E-state index < -0.39 is 0 Å². The summed E-state index contributed by atoms with van der Waals surface area (Å²) in [4.78, 5) is 23.2. The van der Waals surface area contributed by atoms with E-state index in [1.54, 1.807) is 61.7 Å². The summed E-state index contributed by atoms with van der Waals surface area (Å²) in [7, 11) is 1.58. The lowest BCUT2D eigenvalue weighted by Crippen LogP contribution is -2.12. The number of amides is 2. The van der Waals surface area contributed by atoms with Crippen molar-refractivity contribution in [2.24, 2.45) is 5.73 Å². The summed E-state index contributed by atoms with van der Waals surface area (Å²) in [5.41, 5.74) is 7.76. The molecule has 0 atom stereocenters. The molecule has 0 unspecified atom stereocenters. The Kier molecular flexibility index (Phi) is 9.05. The van der Waals surface area contributed by atoms with Gasteiger partial charge in [-0.1, -0.05) is 72.3 Å². The van der Waals surface area contributed by atoms with Gasteiger partial charge in [0.05, 0.1) is 7.11 Å². The van der Waals surface area contributed by atoms with Crippen LogP contribution in [0, 0.1) is 0 Å². The minimum Gasteiger partial charge on any atom is -0.497 e. The van der Waals surface area contributed by atoms with Crippen LogP contribution in [0.2, 0.25) is 5.15 Å². The number of fused-ring (bicyclic) bond motifs is 1. The molecule has 0 fully saturated rings. The molecule has 39 heavy (non-hydrogen) atoms. The summed E-state index contributed by atoms with van der Waals surface area (Å²) in [6.07, 6.45) is 0. The molecule has 4 aromatic carbocycles. The summed E-state index contributed by atoms with van der Waals surface area (Å²) in [5, 5.41) is 16.1. The van der Waals surface area contributed by atoms with Crippen molar-refractivity contribution in [3.05, 3.63) is 125 Å². The number of nitrogens with two attached hydrogens (primary N) is 1. The van der Waals surface area contributed by atoms with Gasteiger partial charge in [0.2, 0.25) is 5.91 Å². The number of carbonyl (C=O) groups excluding carboxylic acids is 2. The number of hydrogen-bond acceptors (Lipinski definition) is 6. The van der Waals surface area contributed by atoms with Crippen molar-refractivity contribution in [2.75, 3.05) is 17.7 Å². The third kappa shape index (κ3) is 7.30. The number of carbonyl (C=O) groups is 2. The first-order valence-corrected chi connectivity index (χ1v) is 12.4. The zero-order valence-corrected chi connectivity index (χ0v) is 21.9. The summed E-state index contributed by atoms with van der Waals surface area (Å²) >= 11 is 6.23. The molecular weight excluding hydrogens is 514 g/mol. The number of primary amides is 1. The fourth-order valence-corrected chi connectivity index (χ4v) is 3.88. The van der Waals surface area contributed by atoms with Crippen molar-refractivity contribution in [1.29, 1.82) is 0 Å². The number of nitrogens with zero attached hydrogens (tertiary/aromatic N) is 2. The summed E-state index contributed by atoms with van der Waals surface area (Å²) in [6.45, 7) is 0.576. The summed E-state index contributed by atoms with van der Waals surface area (Å²) < 4.78 is 5.20. The normalized spacial score (nSPS) is 10.2. The molecule has 0 spiro atoms. The number of hydrogen-bond donors (Lipinski definition) is 3. The van der Waals surface area contributed by atoms with Gasteiger partial charge in [-0.25, -0.2) is 0 Å². The largest absolute Gasteiger partial charge is 0.497 e. The molecule has 5 rings (SSSR count). The minimum atomic E-state index is -0.379. The zero-order valence-electron chi connectivity index (χ0n) is 21.1. The smallest absolute Gasteiger partial charge is 0.255 e. The lowest BCUT2D eigenvalue weighted by Gasteiger charge is -2.11. The molecule has 2 amide bonds. The highest BCUT2D eigenvalue weighted by atomic mass is 35.5. The van der Waals surface area contributed by atoms with Crippen LogP contribution < -0.4 is 21.1 Å². The van der Waals surface area contributed by atoms with E-state index >= 15 is 0 Å². The maximum Gasteiger partial charge on any atom is 0.255 e. The molecule has 0 saturated heterocycles. The Morgan fingerprint density at radius 2 is 1.54 bits per heavy atom. The summed E-state index contributed by atoms with van der Waals surface area (Å²) in [5.74, 6) is 0.609. The molecule has 0 aliphatic rings. The van der Waals surface area contributed by atoms with Gasteiger partial charge in [-0.05, 0) is 42.0 Å². The van der Waals surface area contributed by atoms with Gasteiger partial charge in [0.15, 0.2) is 11.0 Å². The molecule has 1 heterocycles. The Hall–Kier alpha value is -4.95. The third-order valence-electron chi connectivity index (χ3n) is 5.69. The average molecular weight is 540 g/mol. The van der Waals surface area contributed by atoms with Gasteiger partial charge in [-0.2, -0.15) is 0 Å². The predicted molar refractivity (Wildman–Crippen MR) is 154 cm³/mol. The fraction of sp³-hybridized carbons (Fsp3) is 0.0667. The van der Waals surface area contributed by atoms with Gasteiger partial charge in [0, 0.05) is 40.2 Å². The van der Waals surface area contributed by atoms with E-state index in [-0.39, 0.29) is 17.0 Å². The van der Waals surface area contributed by atoms with Crippen molar-refractivity contribution in [2.45, 2.75) is 6.54 Å². The van der Waals surface area contributed by atoms with Gasteiger partial charge < -0.3 is 21.1 Å².